The molecule has 0 spiro atoms. The van der Waals surface area contributed by atoms with Crippen LogP contribution in [0, 0.1) is 0 Å². The molecule has 25 nitrogen and oxygen atoms in total. The number of hydrogen-bond donors (Lipinski definition) is 2. The zero-order chi connectivity index (χ0) is 81.8. The summed E-state index contributed by atoms with van der Waals surface area (Å²) in [5.74, 6) is 0. The summed E-state index contributed by atoms with van der Waals surface area (Å²) in [5.41, 5.74) is 8.15. The molecule has 7 aromatic heterocycles. The summed E-state index contributed by atoms with van der Waals surface area (Å²) < 4.78 is 98.2. The SMILES string of the molecule is BrCc1ccc(Br)cn1.CC1(C)OB(c2ccc(-c3nc4c(cc3Cl)nc(O[C@@H]3CO[C@H]5[C@@H]3OC[C@H]5O)n4COCC[Si](C)(C)C)cc2)OC1(C)C.CS(C)(=O)=NCc1ccc(Br)cn1.C[C@]12OC[C@@H](Oc3nc4cc(Cl)c(-c5ccc(-c6ccc(CN=S(C)(C)=O)nc6)cc5)nc4n3COCC[Si](C)(C)C)[C@@]1(C)OC[C@H]2O. The smallest absolute Gasteiger partial charge is 0.456 e. The third-order valence-electron chi connectivity index (χ3n) is 20.3. The van der Waals surface area contributed by atoms with Gasteiger partial charge in [-0.1, -0.05) is 133 Å². The number of ether oxygens (including phenoxy) is 8. The lowest BCUT2D eigenvalue weighted by atomic mass is 9.79. The van der Waals surface area contributed by atoms with Gasteiger partial charge >= 0.3 is 19.1 Å². The molecule has 2 N–H and O–H groups in total. The molecule has 5 fully saturated rings. The van der Waals surface area contributed by atoms with E-state index >= 15 is 0 Å². The monoisotopic (exact) mass is 1850 g/mol. The van der Waals surface area contributed by atoms with Gasteiger partial charge in [0.05, 0.1) is 89.2 Å². The van der Waals surface area contributed by atoms with E-state index < -0.39 is 95.6 Å². The highest BCUT2D eigenvalue weighted by molar-refractivity contribution is 9.10. The van der Waals surface area contributed by atoms with Crippen molar-refractivity contribution < 1.29 is 65.8 Å². The average Bonchev–Trinajstić information content (AvgIpc) is 1.56. The predicted molar refractivity (Wildman–Crippen MR) is 461 cm³/mol. The van der Waals surface area contributed by atoms with E-state index in [0.29, 0.717) is 88.7 Å². The summed E-state index contributed by atoms with van der Waals surface area (Å²) in [6.45, 7) is 29.1. The molecule has 0 unspecified atom stereocenters. The molecule has 5 saturated heterocycles. The van der Waals surface area contributed by atoms with Gasteiger partial charge in [0.1, 0.15) is 60.1 Å². The van der Waals surface area contributed by atoms with Crippen LogP contribution < -0.4 is 14.9 Å². The summed E-state index contributed by atoms with van der Waals surface area (Å²) in [4.78, 5) is 32.2. The Morgan fingerprint density at radius 2 is 1.02 bits per heavy atom. The maximum Gasteiger partial charge on any atom is 0.494 e. The maximum absolute atomic E-state index is 11.9. The van der Waals surface area contributed by atoms with E-state index in [-0.39, 0.29) is 39.4 Å². The van der Waals surface area contributed by atoms with Crippen LogP contribution in [0.1, 0.15) is 58.6 Å². The van der Waals surface area contributed by atoms with Gasteiger partial charge in [-0.2, -0.15) is 9.97 Å². The first-order chi connectivity index (χ1) is 53.1. The Labute approximate surface area is 700 Å². The minimum absolute atomic E-state index is 0.169. The van der Waals surface area contributed by atoms with Crippen LogP contribution in [0.15, 0.2) is 133 Å². The van der Waals surface area contributed by atoms with Gasteiger partial charge in [-0.3, -0.25) is 32.5 Å². The zero-order valence-electron chi connectivity index (χ0n) is 66.6. The number of benzene rings is 2. The van der Waals surface area contributed by atoms with E-state index in [1.807, 2.05) is 136 Å². The minimum Gasteiger partial charge on any atom is -0.456 e. The Hall–Kier alpha value is -5.25. The fourth-order valence-electron chi connectivity index (χ4n) is 12.5. The molecule has 113 heavy (non-hydrogen) atoms. The van der Waals surface area contributed by atoms with Crippen molar-refractivity contribution in [2.24, 2.45) is 8.73 Å². The molecule has 0 saturated carbocycles. The molecule has 8 atom stereocenters. The third-order valence-corrected chi connectivity index (χ3v) is 27.3. The van der Waals surface area contributed by atoms with Crippen molar-refractivity contribution in [1.29, 1.82) is 0 Å². The lowest BCUT2D eigenvalue weighted by Crippen LogP contribution is -2.54. The molecule has 0 bridgehead atoms. The third kappa shape index (κ3) is 22.4. The second kappa shape index (κ2) is 36.5. The van der Waals surface area contributed by atoms with Crippen molar-refractivity contribution in [3.63, 3.8) is 0 Å². The van der Waals surface area contributed by atoms with Gasteiger partial charge in [-0.05, 0) is 139 Å². The lowest BCUT2D eigenvalue weighted by molar-refractivity contribution is -0.105. The van der Waals surface area contributed by atoms with Crippen LogP contribution in [0.2, 0.25) is 61.4 Å². The summed E-state index contributed by atoms with van der Waals surface area (Å²) in [5, 5.41) is 22.5. The van der Waals surface area contributed by atoms with Gasteiger partial charge in [0.2, 0.25) is 0 Å². The molecular weight excluding hydrogens is 1760 g/mol. The summed E-state index contributed by atoms with van der Waals surface area (Å²) in [6, 6.07) is 33.8. The zero-order valence-corrected chi connectivity index (χ0v) is 76.5. The first kappa shape index (κ1) is 88.6. The van der Waals surface area contributed by atoms with Crippen molar-refractivity contribution in [2.75, 3.05) is 64.7 Å². The maximum atomic E-state index is 11.9. The quantitative estimate of drug-likeness (QED) is 0.0342. The van der Waals surface area contributed by atoms with Crippen molar-refractivity contribution in [1.82, 2.24) is 44.0 Å². The topological polar surface area (TPSA) is 292 Å². The number of alkyl halides is 1. The largest absolute Gasteiger partial charge is 0.494 e. The van der Waals surface area contributed by atoms with Crippen LogP contribution in [0.5, 0.6) is 12.0 Å². The minimum atomic E-state index is -2.18. The highest BCUT2D eigenvalue weighted by Gasteiger charge is 2.67. The van der Waals surface area contributed by atoms with E-state index in [2.05, 4.69) is 111 Å². The van der Waals surface area contributed by atoms with E-state index in [0.717, 1.165) is 71.2 Å². The highest BCUT2D eigenvalue weighted by atomic mass is 79.9. The Bertz CT molecular complexity index is 5030. The lowest BCUT2D eigenvalue weighted by Gasteiger charge is -2.35. The van der Waals surface area contributed by atoms with Crippen LogP contribution in [0.4, 0.5) is 0 Å². The fraction of sp³-hybridized carbons (Fsp3) is 0.500. The summed E-state index contributed by atoms with van der Waals surface area (Å²) in [7, 11) is -7.23. The predicted octanol–water partition coefficient (Wildman–Crippen LogP) is 15.1. The first-order valence-electron chi connectivity index (χ1n) is 37.1. The van der Waals surface area contributed by atoms with Crippen LogP contribution in [-0.2, 0) is 89.1 Å². The van der Waals surface area contributed by atoms with Crippen molar-refractivity contribution >= 4 is 142 Å². The van der Waals surface area contributed by atoms with E-state index in [1.54, 1.807) is 55.7 Å². The number of halogens is 5. The molecule has 0 amide bonds. The van der Waals surface area contributed by atoms with Crippen LogP contribution in [-0.4, -0.2) is 210 Å². The molecule has 9 aromatic rings. The van der Waals surface area contributed by atoms with Crippen LogP contribution >= 0.6 is 71.0 Å². The molecule has 5 aliphatic rings. The number of aliphatic hydroxyl groups is 2. The Morgan fingerprint density at radius 3 is 1.49 bits per heavy atom. The van der Waals surface area contributed by atoms with E-state index in [9.17, 15) is 18.6 Å². The van der Waals surface area contributed by atoms with Crippen LogP contribution in [0.3, 0.4) is 0 Å². The molecule has 2 aromatic carbocycles. The van der Waals surface area contributed by atoms with Gasteiger partial charge in [0, 0.05) is 123 Å². The van der Waals surface area contributed by atoms with E-state index in [4.69, 9.17) is 90.3 Å². The molecule has 14 rings (SSSR count). The molecule has 610 valence electrons. The average molecular weight is 1860 g/mol. The number of imidazole rings is 2. The molecule has 35 heteroatoms. The first-order valence-corrected chi connectivity index (χ1v) is 52.7. The van der Waals surface area contributed by atoms with Crippen molar-refractivity contribution in [2.45, 2.75) is 184 Å². The van der Waals surface area contributed by atoms with Crippen molar-refractivity contribution in [3.8, 4) is 45.7 Å². The number of rotatable bonds is 23. The molecule has 12 heterocycles. The number of fused-ring (bicyclic) bond motifs is 4. The van der Waals surface area contributed by atoms with Gasteiger partial charge in [0.15, 0.2) is 23.5 Å². The standard InChI is InChI=1S/C34H44ClN5O6SSi.C30H41BClN3O7Si.C8H11BrN2OS.C6H5Br2N/c1-33-28(41)19-44-34(33,2)29(20-45-33)46-32-38-27-16-26(35)30(39-31(27)40(32)21-43-14-15-48(5,6)7)23-10-8-22(9-11-23)24-12-13-25(36-17-24)18-37-47(3,4)42;1-29(2)30(3,4)42-31(41-29)19-10-8-18(9-11-19)24-20(32)14-21-27(34-24)35(17-37-12-13-43(5,6)7)28(33-21)40-23-16-39-25-22(36)15-38-26(23)25;1-13(2,12)11-6-8-4-3-7(9)5-10-8;7-3-6-2-1-5(8)4-9-6/h8-13,16-17,28-29,41H,14-15,18-21H2,1-7H3;8-11,14,22-23,25-26,36H,12-13,15-17H2,1-7H3;3-5H,6H2,1-2H3;1-2,4H,3H2/t28-,29-,33-,34-;22-,23-,25-,26-;;/m11../s1. The number of hydrogen-bond acceptors (Lipinski definition) is 23. The number of nitrogens with zero attached hydrogens (tertiary/aromatic N) is 11. The molecular formula is C78H101BBr3Cl2N11O14S2Si2. The Balaban J connectivity index is 0.000000176. The number of aliphatic hydroxyl groups excluding tert-OH is 2. The fourth-order valence-corrected chi connectivity index (χ4v) is 16.2. The van der Waals surface area contributed by atoms with Gasteiger partial charge in [-0.25, -0.2) is 18.7 Å². The Morgan fingerprint density at radius 1 is 0.566 bits per heavy atom. The van der Waals surface area contributed by atoms with Crippen LogP contribution in [0.25, 0.3) is 56.0 Å². The normalized spacial score (nSPS) is 22.4. The molecule has 0 aliphatic carbocycles. The van der Waals surface area contributed by atoms with Gasteiger partial charge < -0.3 is 57.4 Å². The van der Waals surface area contributed by atoms with E-state index in [1.165, 1.54) is 0 Å². The molecule has 5 aliphatic heterocycles. The second-order valence-corrected chi connectivity index (χ2v) is 52.5. The second-order valence-electron chi connectivity index (χ2n) is 32.8. The number of pyridine rings is 5. The van der Waals surface area contributed by atoms with Gasteiger partial charge in [0.25, 0.3) is 0 Å². The number of aromatic nitrogens is 9. The summed E-state index contributed by atoms with van der Waals surface area (Å²) >= 11 is 23.5. The summed E-state index contributed by atoms with van der Waals surface area (Å²) in [6.07, 6.45) is 8.61. The molecule has 0 radical (unpaired) electrons. The van der Waals surface area contributed by atoms with Crippen molar-refractivity contribution in [3.05, 3.63) is 152 Å². The Kier molecular flexibility index (Phi) is 28.6. The highest BCUT2D eigenvalue weighted by Crippen LogP contribution is 2.48. The van der Waals surface area contributed by atoms with Gasteiger partial charge in [-0.15, -0.1) is 0 Å².